The molecule has 0 aliphatic carbocycles. The molecule has 3 aromatic heterocycles. The molecule has 0 bridgehead atoms. The van der Waals surface area contributed by atoms with Crippen LogP contribution in [0.25, 0.3) is 123 Å². The molecule has 8 nitrogen and oxygen atoms in total. The van der Waals surface area contributed by atoms with E-state index < -0.39 is 0 Å². The molecule has 0 atom stereocenters. The molecule has 0 N–H and O–H groups in total. The Bertz CT molecular complexity index is 4780. The van der Waals surface area contributed by atoms with Gasteiger partial charge in [0, 0.05) is 67.5 Å². The summed E-state index contributed by atoms with van der Waals surface area (Å²) in [7, 11) is 0. The summed E-state index contributed by atoms with van der Waals surface area (Å²) in [5, 5.41) is 0. The van der Waals surface area contributed by atoms with Crippen molar-refractivity contribution < 1.29 is 8.83 Å². The summed E-state index contributed by atoms with van der Waals surface area (Å²) >= 11 is 0. The van der Waals surface area contributed by atoms with Crippen LogP contribution in [0.5, 0.6) is 0 Å². The van der Waals surface area contributed by atoms with Gasteiger partial charge in [-0.1, -0.05) is 206 Å². The molecule has 16 rings (SSSR count). The number of nitrogens with zero attached hydrogens (tertiary/aromatic N) is 6. The molecule has 0 unspecified atom stereocenters. The van der Waals surface area contributed by atoms with E-state index in [-0.39, 0.29) is 0 Å². The molecule has 13 aromatic carbocycles. The number of oxazole rings is 2. The SMILES string of the molecule is c1ccc(-c2ccc(-c3ccc(-c4ccc(-c5ccccc5)cc4)c4nc(-c5ccc(N(c6ccccc6)c6ccc(-c7nc8ccccc8o7)cc6)cc5)c(-c5ccc(N(c6ccccc6)c6ccc(-c7nc8ccccc8o7)cc6)cc5)nc34)cc2)cc1. The number of hydrogen-bond donors (Lipinski definition) is 0. The van der Waals surface area contributed by atoms with E-state index in [0.29, 0.717) is 11.8 Å². The van der Waals surface area contributed by atoms with Crippen LogP contribution in [-0.2, 0) is 0 Å². The van der Waals surface area contributed by atoms with E-state index in [1.54, 1.807) is 0 Å². The number of hydrogen-bond acceptors (Lipinski definition) is 8. The van der Waals surface area contributed by atoms with Crippen molar-refractivity contribution in [1.82, 2.24) is 19.9 Å². The number of aromatic nitrogens is 4. The van der Waals surface area contributed by atoms with E-state index >= 15 is 0 Å². The number of benzene rings is 13. The minimum absolute atomic E-state index is 0.581. The predicted molar refractivity (Wildman–Crippen MR) is 368 cm³/mol. The van der Waals surface area contributed by atoms with Crippen LogP contribution in [0, 0.1) is 0 Å². The van der Waals surface area contributed by atoms with Gasteiger partial charge in [-0.15, -0.1) is 0 Å². The molecule has 0 aliphatic rings. The molecular formula is C82H54N6O2. The quantitative estimate of drug-likeness (QED) is 0.106. The highest BCUT2D eigenvalue weighted by Crippen LogP contribution is 2.44. The van der Waals surface area contributed by atoms with Gasteiger partial charge in [0.25, 0.3) is 0 Å². The van der Waals surface area contributed by atoms with Crippen molar-refractivity contribution in [3.63, 3.8) is 0 Å². The minimum Gasteiger partial charge on any atom is -0.436 e. The average molecular weight is 1160 g/mol. The normalized spacial score (nSPS) is 11.3. The third-order valence-corrected chi connectivity index (χ3v) is 16.6. The molecule has 0 fully saturated rings. The van der Waals surface area contributed by atoms with Crippen LogP contribution in [0.4, 0.5) is 34.1 Å². The van der Waals surface area contributed by atoms with Gasteiger partial charge in [-0.3, -0.25) is 0 Å². The molecule has 424 valence electrons. The van der Waals surface area contributed by atoms with Crippen molar-refractivity contribution >= 4 is 67.4 Å². The van der Waals surface area contributed by atoms with Crippen LogP contribution in [0.15, 0.2) is 336 Å². The van der Waals surface area contributed by atoms with Gasteiger partial charge < -0.3 is 18.6 Å². The van der Waals surface area contributed by atoms with Gasteiger partial charge in [0.05, 0.1) is 22.4 Å². The maximum absolute atomic E-state index is 6.18. The lowest BCUT2D eigenvalue weighted by atomic mass is 9.94. The van der Waals surface area contributed by atoms with Crippen molar-refractivity contribution in [3.05, 3.63) is 328 Å². The maximum atomic E-state index is 6.18. The second-order valence-corrected chi connectivity index (χ2v) is 22.2. The fraction of sp³-hybridized carbons (Fsp3) is 0. The molecule has 90 heavy (non-hydrogen) atoms. The Kier molecular flexibility index (Phi) is 13.7. The summed E-state index contributed by atoms with van der Waals surface area (Å²) in [6, 6.07) is 114. The first-order chi connectivity index (χ1) is 44.6. The topological polar surface area (TPSA) is 84.3 Å². The summed E-state index contributed by atoms with van der Waals surface area (Å²) in [6.07, 6.45) is 0. The first kappa shape index (κ1) is 53.2. The molecule has 0 radical (unpaired) electrons. The molecule has 0 spiro atoms. The van der Waals surface area contributed by atoms with Crippen molar-refractivity contribution in [1.29, 1.82) is 0 Å². The van der Waals surface area contributed by atoms with Crippen LogP contribution >= 0.6 is 0 Å². The highest BCUT2D eigenvalue weighted by Gasteiger charge is 2.23. The Morgan fingerprint density at radius 2 is 0.467 bits per heavy atom. The molecule has 0 saturated heterocycles. The third-order valence-electron chi connectivity index (χ3n) is 16.6. The van der Waals surface area contributed by atoms with E-state index in [4.69, 9.17) is 28.8 Å². The molecular weight excluding hydrogens is 1100 g/mol. The summed E-state index contributed by atoms with van der Waals surface area (Å²) in [6.45, 7) is 0. The predicted octanol–water partition coefficient (Wildman–Crippen LogP) is 22.2. The largest absolute Gasteiger partial charge is 0.436 e. The lowest BCUT2D eigenvalue weighted by Crippen LogP contribution is -2.10. The highest BCUT2D eigenvalue weighted by molar-refractivity contribution is 6.03. The minimum atomic E-state index is 0.581. The lowest BCUT2D eigenvalue weighted by Gasteiger charge is -2.26. The maximum Gasteiger partial charge on any atom is 0.227 e. The van der Waals surface area contributed by atoms with Crippen LogP contribution in [0.1, 0.15) is 0 Å². The summed E-state index contributed by atoms with van der Waals surface area (Å²) < 4.78 is 12.4. The Balaban J connectivity index is 0.842. The van der Waals surface area contributed by atoms with Crippen LogP contribution in [-0.4, -0.2) is 19.9 Å². The second kappa shape index (κ2) is 23.2. The lowest BCUT2D eigenvalue weighted by molar-refractivity contribution is 0.619. The van der Waals surface area contributed by atoms with Crippen molar-refractivity contribution in [2.45, 2.75) is 0 Å². The number of para-hydroxylation sites is 6. The van der Waals surface area contributed by atoms with Crippen LogP contribution in [0.2, 0.25) is 0 Å². The zero-order valence-electron chi connectivity index (χ0n) is 48.7. The highest BCUT2D eigenvalue weighted by atomic mass is 16.4. The first-order valence-corrected chi connectivity index (χ1v) is 30.1. The van der Waals surface area contributed by atoms with E-state index in [1.807, 2.05) is 60.7 Å². The molecule has 8 heteroatoms. The van der Waals surface area contributed by atoms with Crippen LogP contribution < -0.4 is 9.80 Å². The number of rotatable bonds is 14. The summed E-state index contributed by atoms with van der Waals surface area (Å²) in [4.78, 5) is 25.8. The van der Waals surface area contributed by atoms with Crippen molar-refractivity contribution in [2.75, 3.05) is 9.80 Å². The van der Waals surface area contributed by atoms with E-state index in [9.17, 15) is 0 Å². The zero-order valence-corrected chi connectivity index (χ0v) is 48.7. The Morgan fingerprint density at radius 3 is 0.811 bits per heavy atom. The smallest absolute Gasteiger partial charge is 0.227 e. The fourth-order valence-corrected chi connectivity index (χ4v) is 12.0. The zero-order chi connectivity index (χ0) is 59.7. The standard InChI is InChI=1S/C82H54N6O2/c1-5-17-55(18-6-1)57-29-33-59(34-30-57)71-53-54-72(60-35-31-58(32-36-60)56-19-7-2-8-20-56)80-79(71)85-77(61-37-45-67(46-38-61)87(65-21-9-3-10-22-65)69-49-41-63(42-50-69)81-83-73-25-13-15-27-75(73)89-81)78(86-80)62-39-47-68(48-40-62)88(66-23-11-4-12-24-66)70-51-43-64(44-52-70)82-84-74-26-14-16-28-76(74)90-82/h1-54H. The Labute approximate surface area is 520 Å². The van der Waals surface area contributed by atoms with Gasteiger partial charge in [0.2, 0.25) is 11.8 Å². The van der Waals surface area contributed by atoms with E-state index in [2.05, 4.69) is 277 Å². The third kappa shape index (κ3) is 10.3. The van der Waals surface area contributed by atoms with Gasteiger partial charge in [-0.25, -0.2) is 19.9 Å². The van der Waals surface area contributed by atoms with Gasteiger partial charge in [-0.2, -0.15) is 0 Å². The molecule has 0 saturated carbocycles. The molecule has 16 aromatic rings. The van der Waals surface area contributed by atoms with Gasteiger partial charge in [0.15, 0.2) is 11.2 Å². The molecule has 0 amide bonds. The monoisotopic (exact) mass is 1150 g/mol. The number of fused-ring (bicyclic) bond motifs is 3. The molecule has 3 heterocycles. The van der Waals surface area contributed by atoms with Crippen molar-refractivity contribution in [3.8, 4) is 89.9 Å². The van der Waals surface area contributed by atoms with E-state index in [0.717, 1.165) is 146 Å². The van der Waals surface area contributed by atoms with Gasteiger partial charge in [0.1, 0.15) is 11.0 Å². The van der Waals surface area contributed by atoms with Crippen molar-refractivity contribution in [2.24, 2.45) is 0 Å². The fourth-order valence-electron chi connectivity index (χ4n) is 12.0. The average Bonchev–Trinajstić information content (AvgIpc) is 1.02. The summed E-state index contributed by atoms with van der Waals surface area (Å²) in [5.41, 5.74) is 24.5. The van der Waals surface area contributed by atoms with E-state index in [1.165, 1.54) is 0 Å². The second-order valence-electron chi connectivity index (χ2n) is 22.2. The van der Waals surface area contributed by atoms with Crippen LogP contribution in [0.3, 0.4) is 0 Å². The number of anilines is 6. The van der Waals surface area contributed by atoms with Gasteiger partial charge >= 0.3 is 0 Å². The Morgan fingerprint density at radius 1 is 0.200 bits per heavy atom. The molecule has 0 aliphatic heterocycles. The Hall–Kier alpha value is -12.3. The summed E-state index contributed by atoms with van der Waals surface area (Å²) in [5.74, 6) is 1.16. The van der Waals surface area contributed by atoms with Gasteiger partial charge in [-0.05, 0) is 155 Å². The first-order valence-electron chi connectivity index (χ1n) is 30.1.